The lowest BCUT2D eigenvalue weighted by molar-refractivity contribution is 0.106. The summed E-state index contributed by atoms with van der Waals surface area (Å²) in [7, 11) is 1.34. The van der Waals surface area contributed by atoms with Crippen LogP contribution in [0.4, 0.5) is 33.5 Å². The highest BCUT2D eigenvalue weighted by atomic mass is 32.2. The van der Waals surface area contributed by atoms with Gasteiger partial charge < -0.3 is 15.8 Å². The molecule has 0 unspecified atom stereocenters. The van der Waals surface area contributed by atoms with Gasteiger partial charge in [0, 0.05) is 31.2 Å². The summed E-state index contributed by atoms with van der Waals surface area (Å²) in [5.74, 6) is -2.78. The van der Waals surface area contributed by atoms with E-state index in [1.165, 1.54) is 50.8 Å². The van der Waals surface area contributed by atoms with Crippen LogP contribution in [0.3, 0.4) is 0 Å². The third kappa shape index (κ3) is 6.50. The molecule has 14 heteroatoms. The second kappa shape index (κ2) is 11.8. The van der Waals surface area contributed by atoms with Crippen molar-refractivity contribution < 1.29 is 26.7 Å². The number of hydrogen-bond acceptors (Lipinski definition) is 8. The molecule has 0 saturated heterocycles. The van der Waals surface area contributed by atoms with Crippen molar-refractivity contribution in [2.75, 3.05) is 12.4 Å². The fourth-order valence-corrected chi connectivity index (χ4v) is 4.45. The minimum atomic E-state index is -2.91. The first kappa shape index (κ1) is 28.0. The van der Waals surface area contributed by atoms with Crippen molar-refractivity contribution in [2.24, 2.45) is 10.7 Å². The molecule has 4 rings (SSSR count). The number of aliphatic imine (C=N–C) groups is 1. The van der Waals surface area contributed by atoms with Gasteiger partial charge in [-0.3, -0.25) is 9.98 Å². The number of benzene rings is 1. The number of halogens is 5. The average molecular weight is 564 g/mol. The van der Waals surface area contributed by atoms with Crippen LogP contribution in [0.15, 0.2) is 53.9 Å². The van der Waals surface area contributed by atoms with Crippen LogP contribution in [0, 0.1) is 17.5 Å². The summed E-state index contributed by atoms with van der Waals surface area (Å²) in [6, 6.07) is 6.35. The van der Waals surface area contributed by atoms with Crippen molar-refractivity contribution in [1.82, 2.24) is 19.9 Å². The number of hydrogen-bond donors (Lipinski definition) is 2. The fourth-order valence-electron chi connectivity index (χ4n) is 3.56. The molecule has 8 nitrogen and oxygen atoms in total. The molecule has 0 aliphatic heterocycles. The Hall–Kier alpha value is -4.07. The second-order valence-electron chi connectivity index (χ2n) is 8.47. The Morgan fingerprint density at radius 1 is 1.13 bits per heavy atom. The topological polar surface area (TPSA) is 111 Å². The van der Waals surface area contributed by atoms with Crippen LogP contribution in [-0.4, -0.2) is 43.3 Å². The molecule has 0 bridgehead atoms. The molecule has 1 aromatic carbocycles. The van der Waals surface area contributed by atoms with Gasteiger partial charge in [-0.2, -0.15) is 0 Å². The fraction of sp³-hybridized carbons (Fsp3) is 0.240. The summed E-state index contributed by atoms with van der Waals surface area (Å²) in [5, 5.41) is 2.73. The minimum Gasteiger partial charge on any atom is -0.470 e. The normalized spacial score (nSPS) is 13.5. The zero-order chi connectivity index (χ0) is 28.2. The number of nitrogens with zero attached hydrogens (tertiary/aromatic N) is 5. The van der Waals surface area contributed by atoms with Gasteiger partial charge in [0.2, 0.25) is 5.88 Å². The van der Waals surface area contributed by atoms with Gasteiger partial charge in [-0.1, -0.05) is 11.8 Å². The number of alkyl halides is 2. The summed E-state index contributed by atoms with van der Waals surface area (Å²) in [6.07, 6.45) is 0.673. The Kier molecular flexibility index (Phi) is 8.43. The number of fused-ring (bicyclic) bond motifs is 1. The van der Waals surface area contributed by atoms with Gasteiger partial charge in [-0.25, -0.2) is 36.9 Å². The maximum atomic E-state index is 14.7. The van der Waals surface area contributed by atoms with Gasteiger partial charge in [-0.05, 0) is 43.2 Å². The summed E-state index contributed by atoms with van der Waals surface area (Å²) in [6.45, 7) is 1.02. The first-order chi connectivity index (χ1) is 18.6. The maximum Gasteiger partial charge on any atom is 0.253 e. The van der Waals surface area contributed by atoms with E-state index < -0.39 is 35.0 Å². The van der Waals surface area contributed by atoms with E-state index in [-0.39, 0.29) is 45.9 Å². The standard InChI is InChI=1S/C25H22F5N7OS/c1-25(23(29)30,39-24(31)32-2)10-13-8-14(9-16(27)20(13)28)36-22-21-17(5-7-34-22)37-19(11-35-21)38-12-18-15(26)4-3-6-33-18/h3-9,11,23H,10,12H2,1-2H3,(H2,31,32)(H,34,36)/t25-/m1/s1. The number of nitrogens with one attached hydrogen (secondary N) is 1. The zero-order valence-electron chi connectivity index (χ0n) is 20.6. The Labute approximate surface area is 224 Å². The monoisotopic (exact) mass is 563 g/mol. The SMILES string of the molecule is CN=C(N)S[C@](C)(Cc1cc(Nc2nccc3nc(OCc4ncccc4F)cnc23)cc(F)c1F)C(F)F. The van der Waals surface area contributed by atoms with Crippen LogP contribution in [0.1, 0.15) is 18.2 Å². The molecular formula is C25H22F5N7OS. The Morgan fingerprint density at radius 3 is 2.64 bits per heavy atom. The smallest absolute Gasteiger partial charge is 0.253 e. The van der Waals surface area contributed by atoms with Gasteiger partial charge in [0.05, 0.1) is 16.5 Å². The number of thioether (sulfide) groups is 1. The van der Waals surface area contributed by atoms with Crippen LogP contribution in [0.5, 0.6) is 5.88 Å². The summed E-state index contributed by atoms with van der Waals surface area (Å²) in [5.41, 5.74) is 6.08. The number of amidine groups is 1. The van der Waals surface area contributed by atoms with Crippen molar-refractivity contribution >= 4 is 39.5 Å². The minimum absolute atomic E-state index is 0.0513. The lowest BCUT2D eigenvalue weighted by Crippen LogP contribution is -2.36. The molecule has 0 radical (unpaired) electrons. The first-order valence-electron chi connectivity index (χ1n) is 11.4. The highest BCUT2D eigenvalue weighted by Gasteiger charge is 2.38. The molecule has 0 amide bonds. The molecule has 39 heavy (non-hydrogen) atoms. The van der Waals surface area contributed by atoms with E-state index in [1.807, 2.05) is 0 Å². The molecule has 0 fully saturated rings. The maximum absolute atomic E-state index is 14.7. The van der Waals surface area contributed by atoms with Crippen LogP contribution in [0.2, 0.25) is 0 Å². The molecule has 204 valence electrons. The molecule has 0 aliphatic rings. The van der Waals surface area contributed by atoms with Gasteiger partial charge in [0.25, 0.3) is 6.43 Å². The third-order valence-corrected chi connectivity index (χ3v) is 6.74. The molecule has 3 N–H and O–H groups in total. The highest BCUT2D eigenvalue weighted by Crippen LogP contribution is 2.37. The van der Waals surface area contributed by atoms with E-state index in [4.69, 9.17) is 10.5 Å². The Balaban J connectivity index is 1.59. The highest BCUT2D eigenvalue weighted by molar-refractivity contribution is 8.15. The Bertz CT molecular complexity index is 1520. The van der Waals surface area contributed by atoms with Crippen molar-refractivity contribution in [3.05, 3.63) is 77.6 Å². The largest absolute Gasteiger partial charge is 0.470 e. The second-order valence-corrected chi connectivity index (χ2v) is 10.0. The molecule has 3 heterocycles. The van der Waals surface area contributed by atoms with Gasteiger partial charge >= 0.3 is 0 Å². The van der Waals surface area contributed by atoms with Gasteiger partial charge in [0.15, 0.2) is 22.6 Å². The number of aromatic nitrogens is 4. The third-order valence-electron chi connectivity index (χ3n) is 5.56. The van der Waals surface area contributed by atoms with Crippen LogP contribution in [0.25, 0.3) is 11.0 Å². The predicted molar refractivity (Wildman–Crippen MR) is 139 cm³/mol. The van der Waals surface area contributed by atoms with E-state index in [0.717, 1.165) is 6.07 Å². The molecule has 1 atom stereocenters. The molecule has 4 aromatic rings. The average Bonchev–Trinajstić information content (AvgIpc) is 2.90. The van der Waals surface area contributed by atoms with E-state index in [0.29, 0.717) is 17.3 Å². The lowest BCUT2D eigenvalue weighted by atomic mass is 9.99. The number of anilines is 2. The first-order valence-corrected chi connectivity index (χ1v) is 12.2. The number of ether oxygens (including phenoxy) is 1. The molecule has 0 spiro atoms. The lowest BCUT2D eigenvalue weighted by Gasteiger charge is -2.28. The Morgan fingerprint density at radius 2 is 1.92 bits per heavy atom. The van der Waals surface area contributed by atoms with Gasteiger partial charge in [0.1, 0.15) is 23.6 Å². The van der Waals surface area contributed by atoms with E-state index in [2.05, 4.69) is 30.2 Å². The summed E-state index contributed by atoms with van der Waals surface area (Å²) >= 11 is 0.582. The number of nitrogens with two attached hydrogens (primary N) is 1. The zero-order valence-corrected chi connectivity index (χ0v) is 21.4. The van der Waals surface area contributed by atoms with E-state index in [1.54, 1.807) is 6.07 Å². The quantitative estimate of drug-likeness (QED) is 0.158. The molecular weight excluding hydrogens is 541 g/mol. The van der Waals surface area contributed by atoms with Crippen molar-refractivity contribution in [1.29, 1.82) is 0 Å². The van der Waals surface area contributed by atoms with E-state index in [9.17, 15) is 22.0 Å². The van der Waals surface area contributed by atoms with Crippen LogP contribution >= 0.6 is 11.8 Å². The molecule has 0 saturated carbocycles. The summed E-state index contributed by atoms with van der Waals surface area (Å²) < 4.78 is 74.4. The van der Waals surface area contributed by atoms with Crippen molar-refractivity contribution in [3.8, 4) is 5.88 Å². The van der Waals surface area contributed by atoms with Crippen molar-refractivity contribution in [3.63, 3.8) is 0 Å². The van der Waals surface area contributed by atoms with E-state index >= 15 is 0 Å². The van der Waals surface area contributed by atoms with Crippen molar-refractivity contribution in [2.45, 2.75) is 31.1 Å². The number of pyridine rings is 2. The number of rotatable bonds is 9. The van der Waals surface area contributed by atoms with Crippen LogP contribution in [-0.2, 0) is 13.0 Å². The van der Waals surface area contributed by atoms with Crippen LogP contribution < -0.4 is 15.8 Å². The summed E-state index contributed by atoms with van der Waals surface area (Å²) in [4.78, 5) is 20.4. The predicted octanol–water partition coefficient (Wildman–Crippen LogP) is 5.40. The van der Waals surface area contributed by atoms with Gasteiger partial charge in [-0.15, -0.1) is 0 Å². The molecule has 3 aromatic heterocycles. The molecule has 0 aliphatic carbocycles.